The maximum absolute atomic E-state index is 2.51. The molecule has 0 heterocycles. The molecule has 27 heavy (non-hydrogen) atoms. The summed E-state index contributed by atoms with van der Waals surface area (Å²) in [5.74, 6) is 2.86. The average Bonchev–Trinajstić information content (AvgIpc) is 2.69. The Bertz CT molecular complexity index is 294. The molecule has 0 fully saturated rings. The average molecular weight is 380 g/mol. The first-order chi connectivity index (χ1) is 13.2. The Kier molecular flexibility index (Phi) is 18.1. The van der Waals surface area contributed by atoms with Gasteiger partial charge in [-0.3, -0.25) is 0 Å². The molecule has 0 aliphatic rings. The monoisotopic (exact) mass is 379 g/mol. The van der Waals surface area contributed by atoms with Gasteiger partial charge < -0.3 is 0 Å². The van der Waals surface area contributed by atoms with Gasteiger partial charge in [0, 0.05) is 0 Å². The fourth-order valence-corrected chi connectivity index (χ4v) is 5.47. The number of hydrogen-bond donors (Lipinski definition) is 0. The van der Waals surface area contributed by atoms with Gasteiger partial charge in [0.1, 0.15) is 0 Å². The molecule has 2 atom stereocenters. The fourth-order valence-electron chi connectivity index (χ4n) is 5.47. The largest absolute Gasteiger partial charge is 0.0654 e. The number of hydrogen-bond acceptors (Lipinski definition) is 0. The number of rotatable bonds is 20. The van der Waals surface area contributed by atoms with Gasteiger partial charge >= 0.3 is 0 Å². The van der Waals surface area contributed by atoms with Crippen LogP contribution in [0.25, 0.3) is 0 Å². The highest BCUT2D eigenvalue weighted by Crippen LogP contribution is 2.52. The molecule has 0 aromatic carbocycles. The van der Waals surface area contributed by atoms with Gasteiger partial charge in [-0.05, 0) is 49.4 Å². The minimum absolute atomic E-state index is 0.537. The normalized spacial score (nSPS) is 15.2. The summed E-state index contributed by atoms with van der Waals surface area (Å²) in [6, 6.07) is 0. The molecule has 0 bridgehead atoms. The number of unbranched alkanes of at least 4 members (excludes halogenated alkanes) is 9. The highest BCUT2D eigenvalue weighted by molar-refractivity contribution is 5.08. The van der Waals surface area contributed by atoms with E-state index in [1.165, 1.54) is 116 Å². The van der Waals surface area contributed by atoms with Gasteiger partial charge in [0.15, 0.2) is 0 Å². The second kappa shape index (κ2) is 18.1. The molecular formula is C27H55. The predicted molar refractivity (Wildman–Crippen MR) is 126 cm³/mol. The predicted octanol–water partition coefficient (Wildman–Crippen LogP) is 10.3. The van der Waals surface area contributed by atoms with Gasteiger partial charge in [0.25, 0.3) is 0 Å². The summed E-state index contributed by atoms with van der Waals surface area (Å²) in [5, 5.41) is 0. The van der Waals surface area contributed by atoms with Crippen LogP contribution in [0.2, 0.25) is 0 Å². The Labute approximate surface area is 174 Å². The zero-order valence-electron chi connectivity index (χ0n) is 20.3. The maximum atomic E-state index is 2.51. The van der Waals surface area contributed by atoms with Crippen LogP contribution in [0.3, 0.4) is 0 Å². The van der Waals surface area contributed by atoms with Crippen LogP contribution < -0.4 is 0 Å². The molecule has 2 unspecified atom stereocenters. The highest BCUT2D eigenvalue weighted by atomic mass is 14.5. The van der Waals surface area contributed by atoms with Crippen molar-refractivity contribution in [3.8, 4) is 0 Å². The molecule has 1 radical (unpaired) electrons. The molecule has 0 saturated heterocycles. The van der Waals surface area contributed by atoms with E-state index in [1.807, 2.05) is 5.92 Å². The van der Waals surface area contributed by atoms with Crippen molar-refractivity contribution in [2.45, 2.75) is 157 Å². The molecule has 0 spiro atoms. The van der Waals surface area contributed by atoms with Gasteiger partial charge in [0.2, 0.25) is 0 Å². The Morgan fingerprint density at radius 3 is 1.67 bits per heavy atom. The Morgan fingerprint density at radius 2 is 1.19 bits per heavy atom. The highest BCUT2D eigenvalue weighted by Gasteiger charge is 2.41. The Hall–Kier alpha value is 0. The molecule has 0 aliphatic heterocycles. The summed E-state index contributed by atoms with van der Waals surface area (Å²) in [6.07, 6.45) is 25.4. The van der Waals surface area contributed by atoms with Crippen LogP contribution in [0.4, 0.5) is 0 Å². The van der Waals surface area contributed by atoms with Crippen molar-refractivity contribution in [3.05, 3.63) is 5.92 Å². The lowest BCUT2D eigenvalue weighted by molar-refractivity contribution is 0.117. The van der Waals surface area contributed by atoms with Gasteiger partial charge in [-0.2, -0.15) is 0 Å². The summed E-state index contributed by atoms with van der Waals surface area (Å²) in [6.45, 7) is 14.4. The molecule has 0 aliphatic carbocycles. The molecule has 0 heteroatoms. The minimum Gasteiger partial charge on any atom is -0.0654 e. The van der Waals surface area contributed by atoms with E-state index in [-0.39, 0.29) is 0 Å². The minimum atomic E-state index is 0.537. The van der Waals surface area contributed by atoms with Crippen molar-refractivity contribution < 1.29 is 0 Å². The Balaban J connectivity index is 5.09. The standard InChI is InChI=1S/C27H55/c1-7-13-16-18-20-23-26(11-5)27(12-6,24-21-19-17-14-8-2)25(10-4)22-15-9-3/h25H,7-24H2,1-6H3. The first kappa shape index (κ1) is 27.0. The van der Waals surface area contributed by atoms with E-state index in [9.17, 15) is 0 Å². The lowest BCUT2D eigenvalue weighted by Crippen LogP contribution is -2.36. The quantitative estimate of drug-likeness (QED) is 0.184. The van der Waals surface area contributed by atoms with Crippen LogP contribution in [0.5, 0.6) is 0 Å². The van der Waals surface area contributed by atoms with Crippen LogP contribution in [0, 0.1) is 17.3 Å². The molecular weight excluding hydrogens is 324 g/mol. The first-order valence-electron chi connectivity index (χ1n) is 13.0. The molecule has 0 aromatic rings. The van der Waals surface area contributed by atoms with E-state index in [4.69, 9.17) is 0 Å². The molecule has 0 saturated carbocycles. The van der Waals surface area contributed by atoms with Crippen LogP contribution >= 0.6 is 0 Å². The summed E-state index contributed by atoms with van der Waals surface area (Å²) in [4.78, 5) is 0. The molecule has 0 nitrogen and oxygen atoms in total. The maximum Gasteiger partial charge on any atom is -0.0179 e. The Morgan fingerprint density at radius 1 is 0.630 bits per heavy atom. The molecule has 163 valence electrons. The van der Waals surface area contributed by atoms with E-state index in [0.29, 0.717) is 5.41 Å². The van der Waals surface area contributed by atoms with Crippen molar-refractivity contribution >= 4 is 0 Å². The van der Waals surface area contributed by atoms with E-state index in [0.717, 1.165) is 5.92 Å². The van der Waals surface area contributed by atoms with Crippen molar-refractivity contribution in [2.24, 2.45) is 11.3 Å². The van der Waals surface area contributed by atoms with Crippen molar-refractivity contribution in [1.29, 1.82) is 0 Å². The van der Waals surface area contributed by atoms with Gasteiger partial charge in [-0.1, -0.05) is 125 Å². The lowest BCUT2D eigenvalue weighted by atomic mass is 9.58. The smallest absolute Gasteiger partial charge is 0.0179 e. The zero-order valence-corrected chi connectivity index (χ0v) is 20.3. The van der Waals surface area contributed by atoms with Gasteiger partial charge in [-0.25, -0.2) is 0 Å². The van der Waals surface area contributed by atoms with Crippen LogP contribution in [-0.2, 0) is 0 Å². The van der Waals surface area contributed by atoms with Crippen molar-refractivity contribution in [1.82, 2.24) is 0 Å². The second-order valence-corrected chi connectivity index (χ2v) is 9.04. The third kappa shape index (κ3) is 10.4. The summed E-state index contributed by atoms with van der Waals surface area (Å²) in [7, 11) is 0. The van der Waals surface area contributed by atoms with Crippen LogP contribution in [-0.4, -0.2) is 0 Å². The van der Waals surface area contributed by atoms with Gasteiger partial charge in [-0.15, -0.1) is 0 Å². The first-order valence-corrected chi connectivity index (χ1v) is 13.0. The molecule has 0 N–H and O–H groups in total. The van der Waals surface area contributed by atoms with Crippen LogP contribution in [0.1, 0.15) is 157 Å². The van der Waals surface area contributed by atoms with Crippen LogP contribution in [0.15, 0.2) is 0 Å². The van der Waals surface area contributed by atoms with E-state index < -0.39 is 0 Å². The molecule has 0 rings (SSSR count). The zero-order chi connectivity index (χ0) is 20.4. The molecule has 0 aromatic heterocycles. The van der Waals surface area contributed by atoms with Crippen molar-refractivity contribution in [2.75, 3.05) is 0 Å². The van der Waals surface area contributed by atoms with E-state index in [1.54, 1.807) is 0 Å². The topological polar surface area (TPSA) is 0 Å². The SMILES string of the molecule is CCCCCCC[C](CC)C(CC)(CCCCCCC)C(CC)CCCC. The third-order valence-electron chi connectivity index (χ3n) is 7.25. The summed E-state index contributed by atoms with van der Waals surface area (Å²) < 4.78 is 0. The fraction of sp³-hybridized carbons (Fsp3) is 0.963. The van der Waals surface area contributed by atoms with E-state index >= 15 is 0 Å². The third-order valence-corrected chi connectivity index (χ3v) is 7.25. The molecule has 0 amide bonds. The van der Waals surface area contributed by atoms with Gasteiger partial charge in [0.05, 0.1) is 0 Å². The van der Waals surface area contributed by atoms with E-state index in [2.05, 4.69) is 41.5 Å². The summed E-state index contributed by atoms with van der Waals surface area (Å²) >= 11 is 0. The lowest BCUT2D eigenvalue weighted by Gasteiger charge is -2.47. The van der Waals surface area contributed by atoms with Crippen molar-refractivity contribution in [3.63, 3.8) is 0 Å². The second-order valence-electron chi connectivity index (χ2n) is 9.04. The summed E-state index contributed by atoms with van der Waals surface area (Å²) in [5.41, 5.74) is 0.537.